The molecule has 0 aliphatic carbocycles. The van der Waals surface area contributed by atoms with E-state index in [-0.39, 0.29) is 31.4 Å². The van der Waals surface area contributed by atoms with Crippen LogP contribution in [0.3, 0.4) is 0 Å². The summed E-state index contributed by atoms with van der Waals surface area (Å²) in [6.07, 6.45) is 2.62. The van der Waals surface area contributed by atoms with Crippen LogP contribution in [-0.2, 0) is 9.53 Å². The Labute approximate surface area is 151 Å². The van der Waals surface area contributed by atoms with Gasteiger partial charge in [-0.05, 0) is 37.3 Å². The van der Waals surface area contributed by atoms with E-state index in [1.807, 2.05) is 0 Å². The van der Waals surface area contributed by atoms with Gasteiger partial charge in [0.15, 0.2) is 0 Å². The van der Waals surface area contributed by atoms with E-state index in [1.54, 1.807) is 43.3 Å². The summed E-state index contributed by atoms with van der Waals surface area (Å²) in [4.78, 5) is 39.0. The molecular weight excluding hydrogens is 336 g/mol. The number of anilines is 2. The summed E-state index contributed by atoms with van der Waals surface area (Å²) in [7, 11) is 0. The third-order valence-corrected chi connectivity index (χ3v) is 3.24. The van der Waals surface area contributed by atoms with Crippen LogP contribution in [0.4, 0.5) is 16.2 Å². The molecule has 0 unspecified atom stereocenters. The summed E-state index contributed by atoms with van der Waals surface area (Å²) < 4.78 is 4.71. The fourth-order valence-corrected chi connectivity index (χ4v) is 2.06. The zero-order valence-corrected chi connectivity index (χ0v) is 14.3. The summed E-state index contributed by atoms with van der Waals surface area (Å²) in [5.74, 6) is -0.533. The third kappa shape index (κ3) is 6.23. The van der Waals surface area contributed by atoms with Crippen molar-refractivity contribution >= 4 is 29.3 Å². The molecule has 0 aliphatic heterocycles. The minimum Gasteiger partial charge on any atom is -0.450 e. The zero-order chi connectivity index (χ0) is 18.8. The third-order valence-electron chi connectivity index (χ3n) is 3.24. The molecular formula is C18H20N4O4. The Morgan fingerprint density at radius 2 is 1.73 bits per heavy atom. The molecule has 1 aromatic heterocycles. The lowest BCUT2D eigenvalue weighted by atomic mass is 10.2. The number of nitrogens with one attached hydrogen (secondary N) is 3. The Morgan fingerprint density at radius 3 is 2.42 bits per heavy atom. The number of carbonyl (C=O) groups is 3. The zero-order valence-electron chi connectivity index (χ0n) is 14.3. The molecule has 26 heavy (non-hydrogen) atoms. The molecule has 8 nitrogen and oxygen atoms in total. The normalized spacial score (nSPS) is 9.88. The van der Waals surface area contributed by atoms with Crippen LogP contribution < -0.4 is 16.0 Å². The SMILES string of the molecule is CCOC(=O)NCCC(=O)Nc1cccc(NC(=O)c2ccncc2)c1. The van der Waals surface area contributed by atoms with Crippen molar-refractivity contribution in [1.82, 2.24) is 10.3 Å². The number of carbonyl (C=O) groups excluding carboxylic acids is 3. The number of hydrogen-bond donors (Lipinski definition) is 3. The highest BCUT2D eigenvalue weighted by Gasteiger charge is 2.08. The van der Waals surface area contributed by atoms with Gasteiger partial charge >= 0.3 is 6.09 Å². The molecule has 0 saturated carbocycles. The predicted molar refractivity (Wildman–Crippen MR) is 96.9 cm³/mol. The molecule has 3 N–H and O–H groups in total. The van der Waals surface area contributed by atoms with E-state index in [0.717, 1.165) is 0 Å². The van der Waals surface area contributed by atoms with Gasteiger partial charge in [-0.3, -0.25) is 14.6 Å². The Balaban J connectivity index is 1.85. The van der Waals surface area contributed by atoms with E-state index in [4.69, 9.17) is 4.74 Å². The maximum atomic E-state index is 12.1. The Bertz CT molecular complexity index is 765. The Morgan fingerprint density at radius 1 is 1.04 bits per heavy atom. The molecule has 1 aromatic carbocycles. The topological polar surface area (TPSA) is 109 Å². The van der Waals surface area contributed by atoms with Gasteiger partial charge in [0, 0.05) is 42.3 Å². The lowest BCUT2D eigenvalue weighted by Crippen LogP contribution is -2.28. The predicted octanol–water partition coefficient (Wildman–Crippen LogP) is 2.41. The molecule has 2 aromatic rings. The summed E-state index contributed by atoms with van der Waals surface area (Å²) in [5.41, 5.74) is 1.58. The van der Waals surface area contributed by atoms with E-state index in [9.17, 15) is 14.4 Å². The maximum absolute atomic E-state index is 12.1. The molecule has 136 valence electrons. The highest BCUT2D eigenvalue weighted by atomic mass is 16.5. The second-order valence-electron chi connectivity index (χ2n) is 5.22. The molecule has 2 rings (SSSR count). The van der Waals surface area contributed by atoms with Crippen molar-refractivity contribution in [2.45, 2.75) is 13.3 Å². The standard InChI is InChI=1S/C18H20N4O4/c1-2-26-18(25)20-11-8-16(23)21-14-4-3-5-15(12-14)22-17(24)13-6-9-19-10-7-13/h3-7,9-10,12H,2,8,11H2,1H3,(H,20,25)(H,21,23)(H,22,24). The van der Waals surface area contributed by atoms with Gasteiger partial charge < -0.3 is 20.7 Å². The summed E-state index contributed by atoms with van der Waals surface area (Å²) >= 11 is 0. The molecule has 0 bridgehead atoms. The van der Waals surface area contributed by atoms with Crippen molar-refractivity contribution in [2.24, 2.45) is 0 Å². The van der Waals surface area contributed by atoms with Crippen molar-refractivity contribution in [3.8, 4) is 0 Å². The van der Waals surface area contributed by atoms with Crippen LogP contribution in [0.25, 0.3) is 0 Å². The Hall–Kier alpha value is -3.42. The van der Waals surface area contributed by atoms with E-state index in [1.165, 1.54) is 12.4 Å². The molecule has 1 heterocycles. The highest BCUT2D eigenvalue weighted by molar-refractivity contribution is 6.04. The molecule has 0 spiro atoms. The van der Waals surface area contributed by atoms with E-state index < -0.39 is 6.09 Å². The number of pyridine rings is 1. The molecule has 0 fully saturated rings. The number of amides is 3. The summed E-state index contributed by atoms with van der Waals surface area (Å²) in [6.45, 7) is 2.14. The van der Waals surface area contributed by atoms with Gasteiger partial charge in [-0.2, -0.15) is 0 Å². The number of rotatable bonds is 7. The van der Waals surface area contributed by atoms with Crippen LogP contribution in [0.15, 0.2) is 48.8 Å². The van der Waals surface area contributed by atoms with Gasteiger partial charge in [-0.15, -0.1) is 0 Å². The van der Waals surface area contributed by atoms with Crippen LogP contribution in [-0.4, -0.2) is 36.0 Å². The molecule has 0 saturated heterocycles. The smallest absolute Gasteiger partial charge is 0.407 e. The van der Waals surface area contributed by atoms with Crippen molar-refractivity contribution in [3.05, 3.63) is 54.4 Å². The fourth-order valence-electron chi connectivity index (χ4n) is 2.06. The number of ether oxygens (including phenoxy) is 1. The minimum atomic E-state index is -0.555. The molecule has 0 aliphatic rings. The average molecular weight is 356 g/mol. The quantitative estimate of drug-likeness (QED) is 0.706. The van der Waals surface area contributed by atoms with Crippen LogP contribution in [0.5, 0.6) is 0 Å². The molecule has 0 atom stereocenters. The second-order valence-corrected chi connectivity index (χ2v) is 5.22. The number of benzene rings is 1. The monoisotopic (exact) mass is 356 g/mol. The van der Waals surface area contributed by atoms with Gasteiger partial charge in [0.1, 0.15) is 0 Å². The van der Waals surface area contributed by atoms with Gasteiger partial charge in [-0.1, -0.05) is 6.07 Å². The molecule has 8 heteroatoms. The first-order valence-electron chi connectivity index (χ1n) is 8.10. The Kier molecular flexibility index (Phi) is 7.11. The number of alkyl carbamates (subject to hydrolysis) is 1. The first kappa shape index (κ1) is 18.9. The van der Waals surface area contributed by atoms with Crippen LogP contribution in [0.1, 0.15) is 23.7 Å². The van der Waals surface area contributed by atoms with Crippen molar-refractivity contribution in [2.75, 3.05) is 23.8 Å². The van der Waals surface area contributed by atoms with Crippen LogP contribution >= 0.6 is 0 Å². The first-order chi connectivity index (χ1) is 12.6. The fraction of sp³-hybridized carbons (Fsp3) is 0.222. The number of nitrogens with zero attached hydrogens (tertiary/aromatic N) is 1. The first-order valence-corrected chi connectivity index (χ1v) is 8.10. The van der Waals surface area contributed by atoms with Crippen molar-refractivity contribution in [1.29, 1.82) is 0 Å². The largest absolute Gasteiger partial charge is 0.450 e. The lowest BCUT2D eigenvalue weighted by Gasteiger charge is -2.09. The number of aromatic nitrogens is 1. The lowest BCUT2D eigenvalue weighted by molar-refractivity contribution is -0.116. The highest BCUT2D eigenvalue weighted by Crippen LogP contribution is 2.16. The summed E-state index contributed by atoms with van der Waals surface area (Å²) in [5, 5.41) is 7.93. The van der Waals surface area contributed by atoms with Gasteiger partial charge in [0.2, 0.25) is 5.91 Å². The van der Waals surface area contributed by atoms with E-state index in [2.05, 4.69) is 20.9 Å². The minimum absolute atomic E-state index is 0.104. The van der Waals surface area contributed by atoms with Gasteiger partial charge in [0.05, 0.1) is 6.61 Å². The van der Waals surface area contributed by atoms with Gasteiger partial charge in [-0.25, -0.2) is 4.79 Å². The molecule has 0 radical (unpaired) electrons. The van der Waals surface area contributed by atoms with Crippen LogP contribution in [0, 0.1) is 0 Å². The van der Waals surface area contributed by atoms with E-state index in [0.29, 0.717) is 16.9 Å². The molecule has 3 amide bonds. The average Bonchev–Trinajstić information content (AvgIpc) is 2.63. The van der Waals surface area contributed by atoms with Crippen LogP contribution in [0.2, 0.25) is 0 Å². The van der Waals surface area contributed by atoms with Crippen molar-refractivity contribution < 1.29 is 19.1 Å². The van der Waals surface area contributed by atoms with E-state index >= 15 is 0 Å². The number of hydrogen-bond acceptors (Lipinski definition) is 5. The van der Waals surface area contributed by atoms with Gasteiger partial charge in [0.25, 0.3) is 5.91 Å². The summed E-state index contributed by atoms with van der Waals surface area (Å²) in [6, 6.07) is 10.0. The maximum Gasteiger partial charge on any atom is 0.407 e. The second kappa shape index (κ2) is 9.77. The van der Waals surface area contributed by atoms with Crippen molar-refractivity contribution in [3.63, 3.8) is 0 Å².